The summed E-state index contributed by atoms with van der Waals surface area (Å²) in [6.07, 6.45) is 1.38. The first kappa shape index (κ1) is 11.3. The maximum atomic E-state index is 12.1. The summed E-state index contributed by atoms with van der Waals surface area (Å²) >= 11 is 0. The molecule has 1 aromatic carbocycles. The zero-order chi connectivity index (χ0) is 13.4. The zero-order valence-electron chi connectivity index (χ0n) is 9.62. The highest BCUT2D eigenvalue weighted by molar-refractivity contribution is 6.10. The number of benzene rings is 1. The van der Waals surface area contributed by atoms with Crippen molar-refractivity contribution in [1.82, 2.24) is 0 Å². The number of carbonyl (C=O) groups is 1. The fourth-order valence-corrected chi connectivity index (χ4v) is 1.83. The van der Waals surface area contributed by atoms with Crippen molar-refractivity contribution in [3.05, 3.63) is 64.4 Å². The number of phenolic OH excluding ortho intramolecular Hbond substituents is 1. The van der Waals surface area contributed by atoms with E-state index in [0.717, 1.165) is 0 Å². The van der Waals surface area contributed by atoms with Crippen LogP contribution >= 0.6 is 0 Å². The fourth-order valence-electron chi connectivity index (χ4n) is 1.83. The van der Waals surface area contributed by atoms with Crippen LogP contribution in [0.1, 0.15) is 16.1 Å². The largest absolute Gasteiger partial charge is 0.507 e. The molecule has 0 aliphatic heterocycles. The summed E-state index contributed by atoms with van der Waals surface area (Å²) in [4.78, 5) is 23.2. The second-order valence-electron chi connectivity index (χ2n) is 3.97. The molecule has 0 fully saturated rings. The summed E-state index contributed by atoms with van der Waals surface area (Å²) < 4.78 is 9.92. The van der Waals surface area contributed by atoms with Gasteiger partial charge >= 0.3 is 5.63 Å². The number of rotatable bonds is 2. The maximum Gasteiger partial charge on any atom is 0.336 e. The Morgan fingerprint density at radius 3 is 2.74 bits per heavy atom. The normalized spacial score (nSPS) is 10.7. The van der Waals surface area contributed by atoms with E-state index in [0.29, 0.717) is 5.39 Å². The second kappa shape index (κ2) is 4.13. The summed E-state index contributed by atoms with van der Waals surface area (Å²) in [5.41, 5.74) is -0.200. The number of fused-ring (bicyclic) bond motifs is 1. The van der Waals surface area contributed by atoms with Gasteiger partial charge in [0.2, 0.25) is 5.78 Å². The summed E-state index contributed by atoms with van der Waals surface area (Å²) in [7, 11) is 0. The van der Waals surface area contributed by atoms with Gasteiger partial charge in [0, 0.05) is 17.5 Å². The third kappa shape index (κ3) is 1.91. The molecule has 5 nitrogen and oxygen atoms in total. The minimum absolute atomic E-state index is 0.0938. The van der Waals surface area contributed by atoms with Crippen molar-refractivity contribution in [2.75, 3.05) is 0 Å². The van der Waals surface area contributed by atoms with E-state index in [1.165, 1.54) is 36.6 Å². The van der Waals surface area contributed by atoms with Gasteiger partial charge in [-0.2, -0.15) is 0 Å². The number of furan rings is 1. The molecule has 2 heterocycles. The highest BCUT2D eigenvalue weighted by atomic mass is 16.4. The smallest absolute Gasteiger partial charge is 0.336 e. The van der Waals surface area contributed by atoms with Crippen LogP contribution in [0.25, 0.3) is 11.0 Å². The number of hydrogen-bond acceptors (Lipinski definition) is 5. The quantitative estimate of drug-likeness (QED) is 0.562. The summed E-state index contributed by atoms with van der Waals surface area (Å²) in [5, 5.41) is 10.4. The lowest BCUT2D eigenvalue weighted by atomic mass is 10.1. The molecular formula is C14H8O5. The van der Waals surface area contributed by atoms with Gasteiger partial charge in [0.05, 0.1) is 11.8 Å². The number of aromatic hydroxyl groups is 1. The topological polar surface area (TPSA) is 80.7 Å². The molecule has 3 aromatic rings. The Labute approximate surface area is 106 Å². The second-order valence-corrected chi connectivity index (χ2v) is 3.97. The van der Waals surface area contributed by atoms with Crippen LogP contribution in [0.4, 0.5) is 0 Å². The standard InChI is InChI=1S/C14H8O5/c15-10-7-12-8(3-4-13(16)19-12)6-9(10)14(17)11-2-1-5-18-11/h1-7,15H. The summed E-state index contributed by atoms with van der Waals surface area (Å²) in [5.74, 6) is -0.564. The lowest BCUT2D eigenvalue weighted by Gasteiger charge is -2.03. The molecule has 0 aliphatic rings. The number of phenols is 1. The van der Waals surface area contributed by atoms with E-state index in [9.17, 15) is 14.7 Å². The highest BCUT2D eigenvalue weighted by Gasteiger charge is 2.17. The Bertz CT molecular complexity index is 811. The number of ketones is 1. The minimum Gasteiger partial charge on any atom is -0.507 e. The van der Waals surface area contributed by atoms with Crippen molar-refractivity contribution in [3.8, 4) is 5.75 Å². The van der Waals surface area contributed by atoms with E-state index in [-0.39, 0.29) is 22.7 Å². The van der Waals surface area contributed by atoms with Crippen LogP contribution in [0.15, 0.2) is 56.3 Å². The first-order valence-corrected chi connectivity index (χ1v) is 5.50. The van der Waals surface area contributed by atoms with Crippen molar-refractivity contribution >= 4 is 16.8 Å². The number of hydrogen-bond donors (Lipinski definition) is 1. The Balaban J connectivity index is 2.19. The Hall–Kier alpha value is -2.82. The van der Waals surface area contributed by atoms with Gasteiger partial charge in [0.1, 0.15) is 11.3 Å². The monoisotopic (exact) mass is 256 g/mol. The Morgan fingerprint density at radius 1 is 1.16 bits per heavy atom. The fraction of sp³-hybridized carbons (Fsp3) is 0. The van der Waals surface area contributed by atoms with E-state index in [2.05, 4.69) is 0 Å². The molecule has 0 bridgehead atoms. The van der Waals surface area contributed by atoms with E-state index in [1.807, 2.05) is 0 Å². The predicted octanol–water partition coefficient (Wildman–Crippen LogP) is 2.32. The van der Waals surface area contributed by atoms with Crippen LogP contribution in [-0.4, -0.2) is 10.9 Å². The van der Waals surface area contributed by atoms with E-state index in [4.69, 9.17) is 8.83 Å². The van der Waals surface area contributed by atoms with Gasteiger partial charge in [-0.3, -0.25) is 4.79 Å². The van der Waals surface area contributed by atoms with Gasteiger partial charge in [-0.1, -0.05) is 0 Å². The molecule has 0 aliphatic carbocycles. The van der Waals surface area contributed by atoms with Crippen LogP contribution in [0.2, 0.25) is 0 Å². The molecule has 0 amide bonds. The van der Waals surface area contributed by atoms with Gasteiger partial charge in [-0.05, 0) is 24.3 Å². The Kier molecular flexibility index (Phi) is 2.45. The molecule has 5 heteroatoms. The molecule has 94 valence electrons. The van der Waals surface area contributed by atoms with Crippen LogP contribution < -0.4 is 5.63 Å². The lowest BCUT2D eigenvalue weighted by Crippen LogP contribution is -2.01. The average molecular weight is 256 g/mol. The zero-order valence-corrected chi connectivity index (χ0v) is 9.62. The van der Waals surface area contributed by atoms with Crippen LogP contribution in [0.3, 0.4) is 0 Å². The third-order valence-corrected chi connectivity index (χ3v) is 2.73. The van der Waals surface area contributed by atoms with Gasteiger partial charge < -0.3 is 13.9 Å². The molecule has 0 spiro atoms. The molecule has 3 rings (SSSR count). The molecule has 2 aromatic heterocycles. The van der Waals surface area contributed by atoms with Crippen LogP contribution in [0.5, 0.6) is 5.75 Å². The Morgan fingerprint density at radius 2 is 2.00 bits per heavy atom. The van der Waals surface area contributed by atoms with E-state index >= 15 is 0 Å². The molecule has 0 radical (unpaired) electrons. The molecule has 0 unspecified atom stereocenters. The van der Waals surface area contributed by atoms with Crippen molar-refractivity contribution in [2.24, 2.45) is 0 Å². The van der Waals surface area contributed by atoms with Gasteiger partial charge in [-0.15, -0.1) is 0 Å². The van der Waals surface area contributed by atoms with E-state index in [1.54, 1.807) is 6.07 Å². The van der Waals surface area contributed by atoms with Crippen molar-refractivity contribution < 1.29 is 18.7 Å². The van der Waals surface area contributed by atoms with Crippen molar-refractivity contribution in [1.29, 1.82) is 0 Å². The maximum absolute atomic E-state index is 12.1. The molecule has 0 saturated heterocycles. The van der Waals surface area contributed by atoms with Crippen LogP contribution in [0, 0.1) is 0 Å². The molecular weight excluding hydrogens is 248 g/mol. The SMILES string of the molecule is O=C(c1ccco1)c1cc2ccc(=O)oc2cc1O. The first-order valence-electron chi connectivity index (χ1n) is 5.50. The minimum atomic E-state index is -0.517. The van der Waals surface area contributed by atoms with Crippen LogP contribution in [-0.2, 0) is 0 Å². The summed E-state index contributed by atoms with van der Waals surface area (Å²) in [6, 6.07) is 8.58. The number of carbonyl (C=O) groups excluding carboxylic acids is 1. The molecule has 19 heavy (non-hydrogen) atoms. The average Bonchev–Trinajstić information content (AvgIpc) is 2.91. The summed E-state index contributed by atoms with van der Waals surface area (Å²) in [6.45, 7) is 0. The lowest BCUT2D eigenvalue weighted by molar-refractivity contribution is 0.101. The molecule has 1 N–H and O–H groups in total. The van der Waals surface area contributed by atoms with Gasteiger partial charge in [0.15, 0.2) is 5.76 Å². The van der Waals surface area contributed by atoms with Gasteiger partial charge in [-0.25, -0.2) is 4.79 Å². The van der Waals surface area contributed by atoms with E-state index < -0.39 is 11.4 Å². The van der Waals surface area contributed by atoms with Crippen molar-refractivity contribution in [2.45, 2.75) is 0 Å². The third-order valence-electron chi connectivity index (χ3n) is 2.73. The molecule has 0 saturated carbocycles. The highest BCUT2D eigenvalue weighted by Crippen LogP contribution is 2.26. The first-order chi connectivity index (χ1) is 9.15. The molecule has 0 atom stereocenters. The van der Waals surface area contributed by atoms with Crippen molar-refractivity contribution in [3.63, 3.8) is 0 Å². The predicted molar refractivity (Wildman–Crippen MR) is 66.3 cm³/mol. The van der Waals surface area contributed by atoms with Gasteiger partial charge in [0.25, 0.3) is 0 Å².